The normalized spacial score (nSPS) is 16.5. The highest BCUT2D eigenvalue weighted by Gasteiger charge is 2.15. The van der Waals surface area contributed by atoms with E-state index >= 15 is 0 Å². The molecule has 90 valence electrons. The number of carbonyl (C=O) groups excluding carboxylic acids is 1. The number of hydrogen-bond donors (Lipinski definition) is 1. The van der Waals surface area contributed by atoms with Crippen molar-refractivity contribution < 1.29 is 4.79 Å². The third-order valence-corrected chi connectivity index (χ3v) is 3.21. The summed E-state index contributed by atoms with van der Waals surface area (Å²) >= 11 is 5.86. The third-order valence-electron chi connectivity index (χ3n) is 2.98. The minimum Gasteiger partial charge on any atom is -0.350 e. The molecular weight excluding hydrogens is 234 g/mol. The first-order chi connectivity index (χ1) is 8.24. The highest BCUT2D eigenvalue weighted by Crippen LogP contribution is 2.17. The van der Waals surface area contributed by atoms with Gasteiger partial charge in [0.15, 0.2) is 0 Å². The molecule has 1 aliphatic rings. The Labute approximate surface area is 107 Å². The molecule has 1 amide bonds. The van der Waals surface area contributed by atoms with Crippen LogP contribution in [0.5, 0.6) is 0 Å². The average Bonchev–Trinajstić information content (AvgIpc) is 2.79. The van der Waals surface area contributed by atoms with Crippen molar-refractivity contribution in [1.82, 2.24) is 5.32 Å². The van der Waals surface area contributed by atoms with Gasteiger partial charge in [0.2, 0.25) is 5.91 Å². The van der Waals surface area contributed by atoms with Gasteiger partial charge in [-0.05, 0) is 36.6 Å². The molecule has 0 radical (unpaired) electrons. The molecule has 1 saturated carbocycles. The molecule has 1 aliphatic carbocycles. The van der Waals surface area contributed by atoms with E-state index in [0.29, 0.717) is 11.1 Å². The van der Waals surface area contributed by atoms with E-state index in [1.54, 1.807) is 12.2 Å². The zero-order valence-corrected chi connectivity index (χ0v) is 10.4. The second-order valence-electron chi connectivity index (χ2n) is 4.38. The summed E-state index contributed by atoms with van der Waals surface area (Å²) < 4.78 is 0. The zero-order chi connectivity index (χ0) is 12.1. The first-order valence-electron chi connectivity index (χ1n) is 5.98. The van der Waals surface area contributed by atoms with Gasteiger partial charge in [0.25, 0.3) is 0 Å². The predicted octanol–water partition coefficient (Wildman–Crippen LogP) is 3.41. The van der Waals surface area contributed by atoms with E-state index in [1.807, 2.05) is 24.3 Å². The molecule has 0 heterocycles. The molecular formula is C14H16ClNO. The minimum absolute atomic E-state index is 0.0168. The molecule has 0 unspecified atom stereocenters. The summed E-state index contributed by atoms with van der Waals surface area (Å²) in [6, 6.07) is 7.81. The quantitative estimate of drug-likeness (QED) is 0.818. The van der Waals surface area contributed by atoms with Gasteiger partial charge in [-0.15, -0.1) is 0 Å². The average molecular weight is 250 g/mol. The second-order valence-corrected chi connectivity index (χ2v) is 4.81. The van der Waals surface area contributed by atoms with Crippen LogP contribution in [-0.4, -0.2) is 11.9 Å². The summed E-state index contributed by atoms with van der Waals surface area (Å²) in [6.07, 6.45) is 8.03. The van der Waals surface area contributed by atoms with Crippen molar-refractivity contribution in [2.24, 2.45) is 0 Å². The molecule has 2 nitrogen and oxygen atoms in total. The zero-order valence-electron chi connectivity index (χ0n) is 9.66. The van der Waals surface area contributed by atoms with Crippen molar-refractivity contribution in [2.75, 3.05) is 0 Å². The van der Waals surface area contributed by atoms with E-state index in [2.05, 4.69) is 5.32 Å². The van der Waals surface area contributed by atoms with Gasteiger partial charge in [-0.3, -0.25) is 4.79 Å². The monoisotopic (exact) mass is 249 g/mol. The van der Waals surface area contributed by atoms with Crippen LogP contribution >= 0.6 is 11.6 Å². The smallest absolute Gasteiger partial charge is 0.244 e. The van der Waals surface area contributed by atoms with Crippen LogP contribution in [0.15, 0.2) is 30.3 Å². The number of nitrogens with one attached hydrogen (secondary N) is 1. The number of halogens is 1. The van der Waals surface area contributed by atoms with Crippen molar-refractivity contribution in [1.29, 1.82) is 0 Å². The van der Waals surface area contributed by atoms with Crippen LogP contribution in [-0.2, 0) is 4.79 Å². The van der Waals surface area contributed by atoms with Crippen molar-refractivity contribution in [3.8, 4) is 0 Å². The van der Waals surface area contributed by atoms with Crippen LogP contribution in [0.25, 0.3) is 6.08 Å². The fraction of sp³-hybridized carbons (Fsp3) is 0.357. The Kier molecular flexibility index (Phi) is 4.21. The lowest BCUT2D eigenvalue weighted by Crippen LogP contribution is -2.30. The number of benzene rings is 1. The van der Waals surface area contributed by atoms with E-state index < -0.39 is 0 Å². The molecule has 1 fully saturated rings. The van der Waals surface area contributed by atoms with Gasteiger partial charge in [-0.1, -0.05) is 36.6 Å². The number of amides is 1. The fourth-order valence-electron chi connectivity index (χ4n) is 2.10. The molecule has 0 atom stereocenters. The maximum atomic E-state index is 11.6. The van der Waals surface area contributed by atoms with Crippen LogP contribution in [0.4, 0.5) is 0 Å². The van der Waals surface area contributed by atoms with E-state index in [4.69, 9.17) is 11.6 Å². The maximum Gasteiger partial charge on any atom is 0.244 e. The number of rotatable bonds is 3. The molecule has 2 rings (SSSR count). The molecule has 3 heteroatoms. The Morgan fingerprint density at radius 3 is 2.82 bits per heavy atom. The minimum atomic E-state index is -0.0168. The van der Waals surface area contributed by atoms with Crippen LogP contribution in [0.1, 0.15) is 31.2 Å². The summed E-state index contributed by atoms with van der Waals surface area (Å²) in [5.74, 6) is -0.0168. The SMILES string of the molecule is O=C(/C=C/c1cccc(Cl)c1)NC1CCCC1. The predicted molar refractivity (Wildman–Crippen MR) is 70.9 cm³/mol. The Balaban J connectivity index is 1.89. The Morgan fingerprint density at radius 2 is 2.12 bits per heavy atom. The maximum absolute atomic E-state index is 11.6. The Hall–Kier alpha value is -1.28. The summed E-state index contributed by atoms with van der Waals surface area (Å²) in [5, 5.41) is 3.69. The molecule has 1 aromatic carbocycles. The lowest BCUT2D eigenvalue weighted by atomic mass is 10.2. The topological polar surface area (TPSA) is 29.1 Å². The van der Waals surface area contributed by atoms with Gasteiger partial charge < -0.3 is 5.32 Å². The standard InChI is InChI=1S/C14H16ClNO/c15-12-5-3-4-11(10-12)8-9-14(17)16-13-6-1-2-7-13/h3-5,8-10,13H,1-2,6-7H2,(H,16,17)/b9-8+. The van der Waals surface area contributed by atoms with Crippen molar-refractivity contribution in [3.63, 3.8) is 0 Å². The molecule has 0 spiro atoms. The van der Waals surface area contributed by atoms with Gasteiger partial charge in [-0.25, -0.2) is 0 Å². The van der Waals surface area contributed by atoms with Crippen molar-refractivity contribution in [2.45, 2.75) is 31.7 Å². The molecule has 0 saturated heterocycles. The van der Waals surface area contributed by atoms with Crippen molar-refractivity contribution >= 4 is 23.6 Å². The van der Waals surface area contributed by atoms with Crippen LogP contribution < -0.4 is 5.32 Å². The van der Waals surface area contributed by atoms with E-state index in [-0.39, 0.29) is 5.91 Å². The highest BCUT2D eigenvalue weighted by molar-refractivity contribution is 6.30. The van der Waals surface area contributed by atoms with Gasteiger partial charge in [0.05, 0.1) is 0 Å². The molecule has 0 bridgehead atoms. The molecule has 17 heavy (non-hydrogen) atoms. The van der Waals surface area contributed by atoms with E-state index in [1.165, 1.54) is 12.8 Å². The van der Waals surface area contributed by atoms with Gasteiger partial charge in [0.1, 0.15) is 0 Å². The summed E-state index contributed by atoms with van der Waals surface area (Å²) in [4.78, 5) is 11.6. The third kappa shape index (κ3) is 3.90. The molecule has 1 aromatic rings. The lowest BCUT2D eigenvalue weighted by molar-refractivity contribution is -0.117. The summed E-state index contributed by atoms with van der Waals surface area (Å²) in [6.45, 7) is 0. The van der Waals surface area contributed by atoms with Crippen LogP contribution in [0.2, 0.25) is 5.02 Å². The Bertz CT molecular complexity index is 422. The summed E-state index contributed by atoms with van der Waals surface area (Å²) in [5.41, 5.74) is 0.944. The number of hydrogen-bond acceptors (Lipinski definition) is 1. The number of carbonyl (C=O) groups is 1. The molecule has 0 aliphatic heterocycles. The van der Waals surface area contributed by atoms with Crippen molar-refractivity contribution in [3.05, 3.63) is 40.9 Å². The summed E-state index contributed by atoms with van der Waals surface area (Å²) in [7, 11) is 0. The lowest BCUT2D eigenvalue weighted by Gasteiger charge is -2.08. The first-order valence-corrected chi connectivity index (χ1v) is 6.36. The highest BCUT2D eigenvalue weighted by atomic mass is 35.5. The van der Waals surface area contributed by atoms with Crippen LogP contribution in [0.3, 0.4) is 0 Å². The molecule has 1 N–H and O–H groups in total. The van der Waals surface area contributed by atoms with E-state index in [0.717, 1.165) is 18.4 Å². The molecule has 0 aromatic heterocycles. The first kappa shape index (κ1) is 12.2. The van der Waals surface area contributed by atoms with Gasteiger partial charge >= 0.3 is 0 Å². The Morgan fingerprint density at radius 1 is 1.35 bits per heavy atom. The van der Waals surface area contributed by atoms with Gasteiger partial charge in [0, 0.05) is 17.1 Å². The van der Waals surface area contributed by atoms with Crippen LogP contribution in [0, 0.1) is 0 Å². The second kappa shape index (κ2) is 5.87. The van der Waals surface area contributed by atoms with E-state index in [9.17, 15) is 4.79 Å². The fourth-order valence-corrected chi connectivity index (χ4v) is 2.30. The largest absolute Gasteiger partial charge is 0.350 e. The van der Waals surface area contributed by atoms with Gasteiger partial charge in [-0.2, -0.15) is 0 Å².